The summed E-state index contributed by atoms with van der Waals surface area (Å²) >= 11 is 3.43. The highest BCUT2D eigenvalue weighted by Gasteiger charge is 2.08. The van der Waals surface area contributed by atoms with E-state index >= 15 is 0 Å². The highest BCUT2D eigenvalue weighted by atomic mass is 79.9. The smallest absolute Gasteiger partial charge is 0.226 e. The van der Waals surface area contributed by atoms with Gasteiger partial charge in [0.05, 0.1) is 6.54 Å². The molecule has 1 heterocycles. The molecule has 5 nitrogen and oxygen atoms in total. The molecule has 2 aromatic rings. The Bertz CT molecular complexity index is 615. The molecule has 1 amide bonds. The van der Waals surface area contributed by atoms with E-state index in [1.54, 1.807) is 6.20 Å². The molecule has 24 heavy (non-hydrogen) atoms. The van der Waals surface area contributed by atoms with Gasteiger partial charge in [0, 0.05) is 23.3 Å². The first-order chi connectivity index (χ1) is 11.2. The summed E-state index contributed by atoms with van der Waals surface area (Å²) in [5.41, 5.74) is 6.61. The Balaban J connectivity index is 0.00000288. The number of nitrogens with one attached hydrogen (secondary N) is 1. The lowest BCUT2D eigenvalue weighted by Gasteiger charge is -2.09. The molecule has 0 atom stereocenters. The first-order valence-corrected chi connectivity index (χ1v) is 8.74. The van der Waals surface area contributed by atoms with Crippen molar-refractivity contribution in [3.05, 3.63) is 46.7 Å². The first kappa shape index (κ1) is 20.7. The molecule has 132 valence electrons. The number of hydrogen-bond acceptors (Lipinski definition) is 3. The van der Waals surface area contributed by atoms with Crippen molar-refractivity contribution in [1.82, 2.24) is 9.55 Å². The third-order valence-corrected chi connectivity index (χ3v) is 4.12. The van der Waals surface area contributed by atoms with Crippen molar-refractivity contribution in [1.29, 1.82) is 0 Å². The number of carbonyl (C=O) groups is 1. The van der Waals surface area contributed by atoms with Crippen molar-refractivity contribution in [2.24, 2.45) is 5.73 Å². The minimum Gasteiger partial charge on any atom is -0.330 e. The van der Waals surface area contributed by atoms with Gasteiger partial charge < -0.3 is 10.3 Å². The van der Waals surface area contributed by atoms with E-state index in [4.69, 9.17) is 5.73 Å². The van der Waals surface area contributed by atoms with Crippen LogP contribution in [0, 0.1) is 0 Å². The average Bonchev–Trinajstić information content (AvgIpc) is 2.96. The number of unbranched alkanes of at least 4 members (excludes halogenated alkanes) is 3. The highest BCUT2D eigenvalue weighted by molar-refractivity contribution is 9.10. The molecule has 0 fully saturated rings. The van der Waals surface area contributed by atoms with Gasteiger partial charge in [-0.05, 0) is 37.1 Å². The first-order valence-electron chi connectivity index (χ1n) is 7.94. The Morgan fingerprint density at radius 2 is 1.88 bits per heavy atom. The lowest BCUT2D eigenvalue weighted by Crippen LogP contribution is -2.15. The number of imidazole rings is 1. The van der Waals surface area contributed by atoms with Gasteiger partial charge in [0.2, 0.25) is 11.9 Å². The van der Waals surface area contributed by atoms with E-state index in [0.29, 0.717) is 18.9 Å². The SMILES string of the molecule is Cl.NCCCCCCC(=O)Nc1nccn1Cc1ccc(Br)cc1. The number of hydrogen-bond donors (Lipinski definition) is 2. The van der Waals surface area contributed by atoms with E-state index in [9.17, 15) is 4.79 Å². The van der Waals surface area contributed by atoms with Gasteiger partial charge in [0.25, 0.3) is 0 Å². The van der Waals surface area contributed by atoms with Crippen LogP contribution in [-0.4, -0.2) is 22.0 Å². The number of rotatable bonds is 9. The van der Waals surface area contributed by atoms with Crippen molar-refractivity contribution >= 4 is 40.2 Å². The number of benzene rings is 1. The van der Waals surface area contributed by atoms with E-state index in [2.05, 4.69) is 26.2 Å². The van der Waals surface area contributed by atoms with E-state index in [1.807, 2.05) is 35.0 Å². The maximum Gasteiger partial charge on any atom is 0.226 e. The molecular weight excluding hydrogens is 392 g/mol. The highest BCUT2D eigenvalue weighted by Crippen LogP contribution is 2.14. The van der Waals surface area contributed by atoms with E-state index in [-0.39, 0.29) is 18.3 Å². The average molecular weight is 416 g/mol. The van der Waals surface area contributed by atoms with Crippen LogP contribution in [0.15, 0.2) is 41.1 Å². The summed E-state index contributed by atoms with van der Waals surface area (Å²) in [4.78, 5) is 16.2. The van der Waals surface area contributed by atoms with Gasteiger partial charge in [-0.1, -0.05) is 40.9 Å². The Morgan fingerprint density at radius 1 is 1.17 bits per heavy atom. The summed E-state index contributed by atoms with van der Waals surface area (Å²) in [6, 6.07) is 8.11. The molecule has 3 N–H and O–H groups in total. The summed E-state index contributed by atoms with van der Waals surface area (Å²) in [5, 5.41) is 2.89. The van der Waals surface area contributed by atoms with Crippen LogP contribution in [0.25, 0.3) is 0 Å². The summed E-state index contributed by atoms with van der Waals surface area (Å²) in [6.07, 6.45) is 8.14. The van der Waals surface area contributed by atoms with Gasteiger partial charge in [0.1, 0.15) is 0 Å². The number of halogens is 2. The summed E-state index contributed by atoms with van der Waals surface area (Å²) in [6.45, 7) is 1.40. The van der Waals surface area contributed by atoms with Crippen LogP contribution < -0.4 is 11.1 Å². The van der Waals surface area contributed by atoms with Gasteiger partial charge in [-0.2, -0.15) is 0 Å². The molecule has 0 saturated heterocycles. The minimum absolute atomic E-state index is 0. The summed E-state index contributed by atoms with van der Waals surface area (Å²) in [7, 11) is 0. The van der Waals surface area contributed by atoms with Gasteiger partial charge in [-0.3, -0.25) is 10.1 Å². The van der Waals surface area contributed by atoms with E-state index in [1.165, 1.54) is 0 Å². The lowest BCUT2D eigenvalue weighted by atomic mass is 10.1. The quantitative estimate of drug-likeness (QED) is 0.609. The molecule has 1 aromatic heterocycles. The second kappa shape index (κ2) is 11.2. The maximum atomic E-state index is 12.0. The number of nitrogens with zero attached hydrogens (tertiary/aromatic N) is 2. The van der Waals surface area contributed by atoms with Crippen molar-refractivity contribution < 1.29 is 4.79 Å². The van der Waals surface area contributed by atoms with Crippen LogP contribution in [0.5, 0.6) is 0 Å². The summed E-state index contributed by atoms with van der Waals surface area (Å²) in [5.74, 6) is 0.612. The van der Waals surface area contributed by atoms with Crippen LogP contribution in [0.4, 0.5) is 5.95 Å². The van der Waals surface area contributed by atoms with Crippen LogP contribution in [0.1, 0.15) is 37.7 Å². The maximum absolute atomic E-state index is 12.0. The Kier molecular flexibility index (Phi) is 9.67. The Hall–Kier alpha value is -1.37. The molecule has 0 saturated carbocycles. The molecule has 0 bridgehead atoms. The largest absolute Gasteiger partial charge is 0.330 e. The fraction of sp³-hybridized carbons (Fsp3) is 0.412. The molecule has 0 aliphatic rings. The molecule has 0 radical (unpaired) electrons. The predicted octanol–water partition coefficient (Wildman–Crippen LogP) is 3.96. The molecule has 0 aliphatic heterocycles. The molecule has 0 aliphatic carbocycles. The lowest BCUT2D eigenvalue weighted by molar-refractivity contribution is -0.116. The van der Waals surface area contributed by atoms with Gasteiger partial charge in [-0.15, -0.1) is 12.4 Å². The number of anilines is 1. The zero-order valence-corrected chi connectivity index (χ0v) is 16.0. The van der Waals surface area contributed by atoms with Crippen LogP contribution in [-0.2, 0) is 11.3 Å². The van der Waals surface area contributed by atoms with E-state index < -0.39 is 0 Å². The standard InChI is InChI=1S/C17H23BrN4O.ClH/c18-15-8-6-14(7-9-15)13-22-12-11-20-17(22)21-16(23)5-3-1-2-4-10-19;/h6-9,11-12H,1-5,10,13,19H2,(H,20,21,23);1H. The molecular formula is C17H24BrClN4O. The summed E-state index contributed by atoms with van der Waals surface area (Å²) < 4.78 is 2.99. The predicted molar refractivity (Wildman–Crippen MR) is 103 cm³/mol. The third kappa shape index (κ3) is 7.03. The van der Waals surface area contributed by atoms with Crippen molar-refractivity contribution in [3.8, 4) is 0 Å². The van der Waals surface area contributed by atoms with Crippen molar-refractivity contribution in [2.75, 3.05) is 11.9 Å². The fourth-order valence-electron chi connectivity index (χ4n) is 2.32. The number of aromatic nitrogens is 2. The second-order valence-electron chi connectivity index (χ2n) is 5.51. The van der Waals surface area contributed by atoms with Crippen LogP contribution >= 0.6 is 28.3 Å². The zero-order chi connectivity index (χ0) is 16.5. The minimum atomic E-state index is 0. The monoisotopic (exact) mass is 414 g/mol. The normalized spacial score (nSPS) is 10.2. The van der Waals surface area contributed by atoms with Gasteiger partial charge in [0.15, 0.2) is 0 Å². The fourth-order valence-corrected chi connectivity index (χ4v) is 2.58. The van der Waals surface area contributed by atoms with E-state index in [0.717, 1.165) is 42.3 Å². The second-order valence-corrected chi connectivity index (χ2v) is 6.42. The number of amides is 1. The molecule has 0 spiro atoms. The van der Waals surface area contributed by atoms with Gasteiger partial charge in [-0.25, -0.2) is 4.98 Å². The van der Waals surface area contributed by atoms with Crippen molar-refractivity contribution in [3.63, 3.8) is 0 Å². The van der Waals surface area contributed by atoms with Crippen LogP contribution in [0.3, 0.4) is 0 Å². The number of nitrogens with two attached hydrogens (primary N) is 1. The molecule has 7 heteroatoms. The van der Waals surface area contributed by atoms with Gasteiger partial charge >= 0.3 is 0 Å². The molecule has 2 rings (SSSR count). The Morgan fingerprint density at radius 3 is 2.58 bits per heavy atom. The number of carbonyl (C=O) groups excluding carboxylic acids is 1. The topological polar surface area (TPSA) is 72.9 Å². The van der Waals surface area contributed by atoms with Crippen LogP contribution in [0.2, 0.25) is 0 Å². The third-order valence-electron chi connectivity index (χ3n) is 3.59. The zero-order valence-electron chi connectivity index (χ0n) is 13.6. The van der Waals surface area contributed by atoms with Crippen molar-refractivity contribution in [2.45, 2.75) is 38.6 Å². The Labute approximate surface area is 157 Å². The molecule has 0 unspecified atom stereocenters. The molecule has 1 aromatic carbocycles.